The molecule has 1 atom stereocenters. The van der Waals surface area contributed by atoms with E-state index in [4.69, 9.17) is 0 Å². The Morgan fingerprint density at radius 2 is 1.62 bits per heavy atom. The third-order valence-electron chi connectivity index (χ3n) is 1.81. The molecule has 0 radical (unpaired) electrons. The Morgan fingerprint density at radius 1 is 1.15 bits per heavy atom. The number of hydrogen-bond donors (Lipinski definition) is 0. The first kappa shape index (κ1) is 14.7. The fourth-order valence-electron chi connectivity index (χ4n) is 0.541. The summed E-state index contributed by atoms with van der Waals surface area (Å²) in [5.41, 5.74) is 2.72. The lowest BCUT2D eigenvalue weighted by atomic mass is 10.1. The molecule has 0 aliphatic heterocycles. The minimum Gasteiger partial charge on any atom is -0.102 e. The van der Waals surface area contributed by atoms with Crippen molar-refractivity contribution in [1.82, 2.24) is 0 Å². The summed E-state index contributed by atoms with van der Waals surface area (Å²) in [7, 11) is 0. The zero-order valence-corrected chi connectivity index (χ0v) is 10.0. The van der Waals surface area contributed by atoms with Crippen molar-refractivity contribution >= 4 is 0 Å². The highest BCUT2D eigenvalue weighted by atomic mass is 13.9. The third-order valence-corrected chi connectivity index (χ3v) is 1.81. The maximum atomic E-state index is 3.72. The molecule has 13 heavy (non-hydrogen) atoms. The summed E-state index contributed by atoms with van der Waals surface area (Å²) in [6, 6.07) is 0. The first-order valence-corrected chi connectivity index (χ1v) is 5.02. The van der Waals surface area contributed by atoms with E-state index in [1.54, 1.807) is 0 Å². The van der Waals surface area contributed by atoms with Gasteiger partial charge in [-0.15, -0.1) is 6.58 Å². The zero-order valence-electron chi connectivity index (χ0n) is 10.0. The second-order valence-electron chi connectivity index (χ2n) is 3.14. The molecule has 0 rings (SSSR count). The smallest absolute Gasteiger partial charge is 0.00813 e. The van der Waals surface area contributed by atoms with E-state index in [9.17, 15) is 0 Å². The highest BCUT2D eigenvalue weighted by molar-refractivity contribution is 5.21. The number of allylic oxidation sites excluding steroid dienone is 5. The highest BCUT2D eigenvalue weighted by Crippen LogP contribution is 2.06. The lowest BCUT2D eigenvalue weighted by Gasteiger charge is -1.98. The summed E-state index contributed by atoms with van der Waals surface area (Å²) < 4.78 is 0. The van der Waals surface area contributed by atoms with Gasteiger partial charge < -0.3 is 0 Å². The van der Waals surface area contributed by atoms with Crippen LogP contribution < -0.4 is 0 Å². The topological polar surface area (TPSA) is 0 Å². The van der Waals surface area contributed by atoms with Crippen molar-refractivity contribution in [3.8, 4) is 0 Å². The van der Waals surface area contributed by atoms with Crippen LogP contribution in [0.4, 0.5) is 0 Å². The summed E-state index contributed by atoms with van der Waals surface area (Å²) in [6.45, 7) is 16.2. The fourth-order valence-corrected chi connectivity index (χ4v) is 0.541. The Balaban J connectivity index is 0. The molecular formula is C13H24. The highest BCUT2D eigenvalue weighted by Gasteiger charge is 1.88. The van der Waals surface area contributed by atoms with Gasteiger partial charge in [-0.1, -0.05) is 50.1 Å². The summed E-state index contributed by atoms with van der Waals surface area (Å²) in [5, 5.41) is 0. The molecule has 0 saturated heterocycles. The van der Waals surface area contributed by atoms with E-state index in [0.717, 1.165) is 0 Å². The van der Waals surface area contributed by atoms with Gasteiger partial charge in [0.15, 0.2) is 0 Å². The van der Waals surface area contributed by atoms with Crippen LogP contribution in [0.3, 0.4) is 0 Å². The zero-order chi connectivity index (χ0) is 10.9. The van der Waals surface area contributed by atoms with Gasteiger partial charge in [0.25, 0.3) is 0 Å². The van der Waals surface area contributed by atoms with Crippen molar-refractivity contribution in [2.45, 2.75) is 41.5 Å². The normalized spacial score (nSPS) is 11.5. The molecular weight excluding hydrogens is 156 g/mol. The van der Waals surface area contributed by atoms with E-state index in [2.05, 4.69) is 46.4 Å². The minimum atomic E-state index is 0.476. The Morgan fingerprint density at radius 3 is 1.92 bits per heavy atom. The van der Waals surface area contributed by atoms with Gasteiger partial charge in [0.05, 0.1) is 0 Å². The van der Waals surface area contributed by atoms with E-state index in [1.165, 1.54) is 11.1 Å². The largest absolute Gasteiger partial charge is 0.102 e. The van der Waals surface area contributed by atoms with E-state index < -0.39 is 0 Å². The predicted octanol–water partition coefficient (Wildman–Crippen LogP) is 4.75. The Hall–Kier alpha value is -0.780. The van der Waals surface area contributed by atoms with Crippen LogP contribution in [0, 0.1) is 5.92 Å². The molecule has 0 aromatic carbocycles. The molecule has 0 amide bonds. The standard InChI is InChI=1S/C11H18.C2H6/c1-6-10(4)7-8-11(5)9(2)3;1-2/h6-8,10H,1H2,2-5H3;1-2H3/b8-7-;. The molecule has 0 aliphatic rings. The van der Waals surface area contributed by atoms with Gasteiger partial charge in [-0.3, -0.25) is 0 Å². The Kier molecular flexibility index (Phi) is 10.5. The monoisotopic (exact) mass is 180 g/mol. The quantitative estimate of drug-likeness (QED) is 0.434. The van der Waals surface area contributed by atoms with Gasteiger partial charge >= 0.3 is 0 Å². The van der Waals surface area contributed by atoms with Gasteiger partial charge in [0, 0.05) is 0 Å². The van der Waals surface area contributed by atoms with Crippen LogP contribution in [0.15, 0.2) is 36.0 Å². The SMILES string of the molecule is C=CC(C)/C=C\C(C)=C(C)C.CC. The average Bonchev–Trinajstić information content (AvgIpc) is 2.16. The summed E-state index contributed by atoms with van der Waals surface area (Å²) in [4.78, 5) is 0. The molecule has 0 fully saturated rings. The van der Waals surface area contributed by atoms with Crippen molar-refractivity contribution in [1.29, 1.82) is 0 Å². The predicted molar refractivity (Wildman–Crippen MR) is 63.9 cm³/mol. The summed E-state index contributed by atoms with van der Waals surface area (Å²) >= 11 is 0. The second-order valence-corrected chi connectivity index (χ2v) is 3.14. The molecule has 0 heteroatoms. The van der Waals surface area contributed by atoms with Crippen LogP contribution in [-0.2, 0) is 0 Å². The molecule has 0 bridgehead atoms. The molecule has 0 heterocycles. The average molecular weight is 180 g/mol. The van der Waals surface area contributed by atoms with E-state index in [1.807, 2.05) is 19.9 Å². The third kappa shape index (κ3) is 9.13. The van der Waals surface area contributed by atoms with Crippen molar-refractivity contribution in [2.75, 3.05) is 0 Å². The van der Waals surface area contributed by atoms with Crippen LogP contribution in [0.5, 0.6) is 0 Å². The molecule has 0 saturated carbocycles. The summed E-state index contributed by atoms with van der Waals surface area (Å²) in [6.07, 6.45) is 6.26. The van der Waals surface area contributed by atoms with Crippen LogP contribution in [-0.4, -0.2) is 0 Å². The van der Waals surface area contributed by atoms with Crippen molar-refractivity contribution < 1.29 is 0 Å². The lowest BCUT2D eigenvalue weighted by Crippen LogP contribution is -1.81. The van der Waals surface area contributed by atoms with Crippen LogP contribution in [0.25, 0.3) is 0 Å². The fraction of sp³-hybridized carbons (Fsp3) is 0.538. The van der Waals surface area contributed by atoms with Gasteiger partial charge in [-0.2, -0.15) is 0 Å². The first-order valence-electron chi connectivity index (χ1n) is 5.02. The van der Waals surface area contributed by atoms with Gasteiger partial charge in [0.2, 0.25) is 0 Å². The molecule has 0 N–H and O–H groups in total. The van der Waals surface area contributed by atoms with Crippen molar-refractivity contribution in [3.05, 3.63) is 36.0 Å². The molecule has 0 aliphatic carbocycles. The molecule has 0 aromatic heterocycles. The van der Waals surface area contributed by atoms with Gasteiger partial charge in [-0.25, -0.2) is 0 Å². The minimum absolute atomic E-state index is 0.476. The Bertz CT molecular complexity index is 178. The molecule has 76 valence electrons. The Labute approximate surface area is 84.1 Å². The molecule has 0 spiro atoms. The van der Waals surface area contributed by atoms with Crippen molar-refractivity contribution in [2.24, 2.45) is 5.92 Å². The van der Waals surface area contributed by atoms with E-state index in [0.29, 0.717) is 5.92 Å². The second kappa shape index (κ2) is 9.31. The first-order chi connectivity index (χ1) is 6.07. The van der Waals surface area contributed by atoms with Crippen LogP contribution in [0.2, 0.25) is 0 Å². The van der Waals surface area contributed by atoms with Gasteiger partial charge in [-0.05, 0) is 26.7 Å². The molecule has 1 unspecified atom stereocenters. The maximum absolute atomic E-state index is 3.72. The molecule has 0 aromatic rings. The van der Waals surface area contributed by atoms with Crippen LogP contribution in [0.1, 0.15) is 41.5 Å². The van der Waals surface area contributed by atoms with E-state index in [-0.39, 0.29) is 0 Å². The number of rotatable bonds is 3. The molecule has 0 nitrogen and oxygen atoms in total. The van der Waals surface area contributed by atoms with Gasteiger partial charge in [0.1, 0.15) is 0 Å². The number of hydrogen-bond acceptors (Lipinski definition) is 0. The van der Waals surface area contributed by atoms with E-state index >= 15 is 0 Å². The lowest BCUT2D eigenvalue weighted by molar-refractivity contribution is 0.941. The van der Waals surface area contributed by atoms with Crippen molar-refractivity contribution in [3.63, 3.8) is 0 Å². The van der Waals surface area contributed by atoms with Crippen LogP contribution >= 0.6 is 0 Å². The maximum Gasteiger partial charge on any atom is -0.00813 e. The summed E-state index contributed by atoms with van der Waals surface area (Å²) in [5.74, 6) is 0.476.